The van der Waals surface area contributed by atoms with Gasteiger partial charge in [-0.05, 0) is 23.2 Å². The van der Waals surface area contributed by atoms with Gasteiger partial charge in [0.15, 0.2) is 5.03 Å². The first-order valence-electron chi connectivity index (χ1n) is 5.50. The molecule has 0 saturated heterocycles. The maximum absolute atomic E-state index is 12.0. The largest absolute Gasteiger partial charge is 0.491 e. The molecule has 0 spiro atoms. The second-order valence-corrected chi connectivity index (χ2v) is 5.75. The Kier molecular flexibility index (Phi) is 2.81. The quantitative estimate of drug-likeness (QED) is 0.652. The van der Waals surface area contributed by atoms with Crippen molar-refractivity contribution in [3.05, 3.63) is 36.3 Å². The molecule has 0 unspecified atom stereocenters. The van der Waals surface area contributed by atoms with Crippen molar-refractivity contribution >= 4 is 28.3 Å². The summed E-state index contributed by atoms with van der Waals surface area (Å²) in [5.41, 5.74) is 1.78. The van der Waals surface area contributed by atoms with Crippen molar-refractivity contribution in [2.45, 2.75) is 11.6 Å². The normalized spacial score (nSPS) is 14.5. The molecule has 9 heteroatoms. The molecular formula is C10H10BN3O4S. The van der Waals surface area contributed by atoms with Crippen LogP contribution in [0.4, 0.5) is 5.69 Å². The fourth-order valence-corrected chi connectivity index (χ4v) is 2.83. The zero-order chi connectivity index (χ0) is 13.5. The highest BCUT2D eigenvalue weighted by atomic mass is 32.2. The molecule has 0 fully saturated rings. The van der Waals surface area contributed by atoms with E-state index in [1.54, 1.807) is 18.2 Å². The summed E-state index contributed by atoms with van der Waals surface area (Å²) in [6.07, 6.45) is 2.50. The van der Waals surface area contributed by atoms with Gasteiger partial charge in [0.05, 0.1) is 19.1 Å². The number of H-pyrrole nitrogens is 1. The highest BCUT2D eigenvalue weighted by molar-refractivity contribution is 7.92. The molecule has 19 heavy (non-hydrogen) atoms. The van der Waals surface area contributed by atoms with E-state index in [0.29, 0.717) is 17.8 Å². The van der Waals surface area contributed by atoms with Crippen molar-refractivity contribution in [3.8, 4) is 0 Å². The Bertz CT molecular complexity index is 702. The van der Waals surface area contributed by atoms with Crippen LogP contribution in [0.3, 0.4) is 0 Å². The summed E-state index contributed by atoms with van der Waals surface area (Å²) in [6.45, 7) is 0.323. The minimum atomic E-state index is -3.70. The minimum Gasteiger partial charge on any atom is -0.423 e. The van der Waals surface area contributed by atoms with E-state index in [-0.39, 0.29) is 5.03 Å². The third-order valence-electron chi connectivity index (χ3n) is 2.82. The fraction of sp³-hybridized carbons (Fsp3) is 0.100. The number of anilines is 1. The van der Waals surface area contributed by atoms with E-state index in [1.165, 1.54) is 12.5 Å². The van der Waals surface area contributed by atoms with Crippen LogP contribution in [0.1, 0.15) is 5.56 Å². The molecule has 0 saturated carbocycles. The first-order valence-corrected chi connectivity index (χ1v) is 6.98. The molecule has 98 valence electrons. The number of imidazole rings is 1. The van der Waals surface area contributed by atoms with Gasteiger partial charge in [-0.3, -0.25) is 4.72 Å². The smallest absolute Gasteiger partial charge is 0.423 e. The van der Waals surface area contributed by atoms with Gasteiger partial charge in [-0.2, -0.15) is 8.42 Å². The van der Waals surface area contributed by atoms with Gasteiger partial charge < -0.3 is 14.7 Å². The summed E-state index contributed by atoms with van der Waals surface area (Å²) < 4.78 is 31.4. The predicted molar refractivity (Wildman–Crippen MR) is 68.2 cm³/mol. The molecule has 7 nitrogen and oxygen atoms in total. The summed E-state index contributed by atoms with van der Waals surface area (Å²) in [7, 11) is -4.70. The third kappa shape index (κ3) is 2.23. The van der Waals surface area contributed by atoms with Crippen LogP contribution in [0.25, 0.3) is 0 Å². The molecule has 3 rings (SSSR count). The number of hydrogen-bond donors (Lipinski definition) is 3. The van der Waals surface area contributed by atoms with Gasteiger partial charge in [0.2, 0.25) is 0 Å². The van der Waals surface area contributed by atoms with E-state index in [1.807, 2.05) is 0 Å². The molecule has 0 bridgehead atoms. The van der Waals surface area contributed by atoms with Crippen LogP contribution in [0.5, 0.6) is 0 Å². The van der Waals surface area contributed by atoms with Gasteiger partial charge in [0, 0.05) is 5.69 Å². The molecule has 0 radical (unpaired) electrons. The molecule has 3 N–H and O–H groups in total. The average molecular weight is 279 g/mol. The molecule has 0 atom stereocenters. The summed E-state index contributed by atoms with van der Waals surface area (Å²) in [4.78, 5) is 6.19. The predicted octanol–water partition coefficient (Wildman–Crippen LogP) is -0.572. The number of aromatic nitrogens is 2. The van der Waals surface area contributed by atoms with Gasteiger partial charge in [-0.15, -0.1) is 0 Å². The van der Waals surface area contributed by atoms with Crippen molar-refractivity contribution in [1.82, 2.24) is 9.97 Å². The molecule has 2 aromatic rings. The lowest BCUT2D eigenvalue weighted by molar-refractivity contribution is 0.275. The van der Waals surface area contributed by atoms with Crippen molar-refractivity contribution in [2.24, 2.45) is 0 Å². The Hall–Kier alpha value is -1.84. The second kappa shape index (κ2) is 4.37. The Morgan fingerprint density at radius 1 is 1.47 bits per heavy atom. The number of nitrogens with one attached hydrogen (secondary N) is 2. The Balaban J connectivity index is 1.91. The van der Waals surface area contributed by atoms with Crippen molar-refractivity contribution < 1.29 is 18.1 Å². The van der Waals surface area contributed by atoms with Crippen molar-refractivity contribution in [2.75, 3.05) is 4.72 Å². The first-order chi connectivity index (χ1) is 9.06. The van der Waals surface area contributed by atoms with Crippen LogP contribution >= 0.6 is 0 Å². The summed E-state index contributed by atoms with van der Waals surface area (Å²) in [6, 6.07) is 4.89. The molecule has 2 heterocycles. The molecule has 1 aliphatic heterocycles. The van der Waals surface area contributed by atoms with E-state index in [0.717, 1.165) is 5.56 Å². The van der Waals surface area contributed by atoms with Gasteiger partial charge in [0.1, 0.15) is 0 Å². The molecule has 1 aromatic heterocycles. The van der Waals surface area contributed by atoms with E-state index >= 15 is 0 Å². The Morgan fingerprint density at radius 3 is 3.05 bits per heavy atom. The lowest BCUT2D eigenvalue weighted by Gasteiger charge is -2.07. The summed E-state index contributed by atoms with van der Waals surface area (Å²) in [5.74, 6) is 0. The number of rotatable bonds is 3. The lowest BCUT2D eigenvalue weighted by atomic mass is 9.79. The van der Waals surface area contributed by atoms with Crippen LogP contribution in [0.2, 0.25) is 0 Å². The zero-order valence-electron chi connectivity index (χ0n) is 9.70. The van der Waals surface area contributed by atoms with Crippen LogP contribution in [0, 0.1) is 0 Å². The average Bonchev–Trinajstić information content (AvgIpc) is 3.00. The van der Waals surface area contributed by atoms with E-state index in [4.69, 9.17) is 4.65 Å². The second-order valence-electron chi connectivity index (χ2n) is 4.10. The van der Waals surface area contributed by atoms with Crippen molar-refractivity contribution in [1.29, 1.82) is 0 Å². The zero-order valence-corrected chi connectivity index (χ0v) is 10.5. The molecule has 0 aliphatic carbocycles. The Labute approximate surface area is 109 Å². The minimum absolute atomic E-state index is 0.0233. The number of fused-ring (bicyclic) bond motifs is 1. The summed E-state index contributed by atoms with van der Waals surface area (Å²) >= 11 is 0. The van der Waals surface area contributed by atoms with E-state index < -0.39 is 17.1 Å². The van der Waals surface area contributed by atoms with Gasteiger partial charge in [-0.25, -0.2) is 4.98 Å². The fourth-order valence-electron chi connectivity index (χ4n) is 1.88. The summed E-state index contributed by atoms with van der Waals surface area (Å²) in [5, 5.41) is 9.55. The van der Waals surface area contributed by atoms with Crippen LogP contribution < -0.4 is 10.2 Å². The number of aromatic amines is 1. The van der Waals surface area contributed by atoms with E-state index in [2.05, 4.69) is 14.7 Å². The number of benzene rings is 1. The maximum Gasteiger partial charge on any atom is 0.491 e. The SMILES string of the molecule is O=S(=O)(Nc1ccc2c(c1)B(O)OC2)c1cnc[nH]1. The first kappa shape index (κ1) is 12.2. The monoisotopic (exact) mass is 279 g/mol. The molecular weight excluding hydrogens is 269 g/mol. The standard InChI is InChI=1S/C10H10BN3O4S/c15-11-9-3-8(2-1-7(9)5-18-11)14-19(16,17)10-4-12-6-13-10/h1-4,6,14-15H,5H2,(H,12,13). The highest BCUT2D eigenvalue weighted by Gasteiger charge is 2.27. The van der Waals surface area contributed by atoms with Crippen LogP contribution in [-0.4, -0.2) is 30.5 Å². The van der Waals surface area contributed by atoms with Gasteiger partial charge in [-0.1, -0.05) is 6.07 Å². The van der Waals surface area contributed by atoms with Gasteiger partial charge in [0.25, 0.3) is 10.0 Å². The van der Waals surface area contributed by atoms with Crippen LogP contribution in [0.15, 0.2) is 35.7 Å². The maximum atomic E-state index is 12.0. The number of hydrogen-bond acceptors (Lipinski definition) is 5. The van der Waals surface area contributed by atoms with Gasteiger partial charge >= 0.3 is 7.12 Å². The topological polar surface area (TPSA) is 104 Å². The highest BCUT2D eigenvalue weighted by Crippen LogP contribution is 2.17. The molecule has 1 aromatic carbocycles. The van der Waals surface area contributed by atoms with Crippen molar-refractivity contribution in [3.63, 3.8) is 0 Å². The third-order valence-corrected chi connectivity index (χ3v) is 4.13. The molecule has 1 aliphatic rings. The van der Waals surface area contributed by atoms with E-state index in [9.17, 15) is 13.4 Å². The molecule has 0 amide bonds. The number of nitrogens with zero attached hydrogens (tertiary/aromatic N) is 1. The lowest BCUT2D eigenvalue weighted by Crippen LogP contribution is -2.28. The van der Waals surface area contributed by atoms with Crippen LogP contribution in [-0.2, 0) is 21.3 Å². The number of sulfonamides is 1. The Morgan fingerprint density at radius 2 is 2.32 bits per heavy atom.